The van der Waals surface area contributed by atoms with E-state index in [4.69, 9.17) is 4.52 Å². The minimum atomic E-state index is -0.351. The number of likely N-dealkylation sites (N-methyl/N-ethyl adjacent to an activating group) is 1. The second-order valence-corrected chi connectivity index (χ2v) is 8.83. The van der Waals surface area contributed by atoms with Crippen LogP contribution in [0.1, 0.15) is 19.8 Å². The highest BCUT2D eigenvalue weighted by atomic mass is 19.1. The molecule has 0 N–H and O–H groups in total. The maximum atomic E-state index is 13.6. The number of nitrogens with zero attached hydrogens (tertiary/aromatic N) is 6. The molecule has 5 rings (SSSR count). The molecule has 2 aromatic heterocycles. The van der Waals surface area contributed by atoms with Gasteiger partial charge in [-0.05, 0) is 43.7 Å². The summed E-state index contributed by atoms with van der Waals surface area (Å²) in [6.07, 6.45) is 3.33. The van der Waals surface area contributed by atoms with Crippen molar-refractivity contribution in [2.24, 2.45) is 5.92 Å². The predicted octanol–water partition coefficient (Wildman–Crippen LogP) is 3.32. The van der Waals surface area contributed by atoms with Gasteiger partial charge >= 0.3 is 0 Å². The van der Waals surface area contributed by atoms with Crippen LogP contribution >= 0.6 is 0 Å². The molecule has 2 aliphatic rings. The van der Waals surface area contributed by atoms with Crippen LogP contribution in [0.3, 0.4) is 0 Å². The van der Waals surface area contributed by atoms with Crippen molar-refractivity contribution >= 4 is 11.7 Å². The molecule has 3 aromatic rings. The summed E-state index contributed by atoms with van der Waals surface area (Å²) in [5, 5.41) is 4.04. The molecule has 9 heteroatoms. The van der Waals surface area contributed by atoms with Crippen LogP contribution in [0.25, 0.3) is 22.8 Å². The molecule has 1 aromatic carbocycles. The molecule has 0 aliphatic carbocycles. The van der Waals surface area contributed by atoms with E-state index in [2.05, 4.69) is 31.8 Å². The smallest absolute Gasteiger partial charge is 0.261 e. The third-order valence-corrected chi connectivity index (χ3v) is 6.80. The van der Waals surface area contributed by atoms with Gasteiger partial charge in [-0.3, -0.25) is 4.79 Å². The van der Waals surface area contributed by atoms with Gasteiger partial charge in [0.1, 0.15) is 11.6 Å². The largest absolute Gasteiger partial charge is 0.356 e. The summed E-state index contributed by atoms with van der Waals surface area (Å²) in [5.41, 5.74) is 1.29. The third kappa shape index (κ3) is 4.65. The van der Waals surface area contributed by atoms with E-state index in [0.717, 1.165) is 70.0 Å². The zero-order valence-corrected chi connectivity index (χ0v) is 19.4. The number of pyridine rings is 1. The average molecular weight is 465 g/mol. The van der Waals surface area contributed by atoms with Crippen LogP contribution in [-0.2, 0) is 4.79 Å². The minimum Gasteiger partial charge on any atom is -0.356 e. The first kappa shape index (κ1) is 22.5. The van der Waals surface area contributed by atoms with E-state index in [0.29, 0.717) is 17.3 Å². The van der Waals surface area contributed by atoms with E-state index < -0.39 is 0 Å². The van der Waals surface area contributed by atoms with Crippen molar-refractivity contribution < 1.29 is 13.7 Å². The Kier molecular flexibility index (Phi) is 6.53. The van der Waals surface area contributed by atoms with Gasteiger partial charge in [-0.2, -0.15) is 4.98 Å². The number of anilines is 1. The number of amides is 1. The molecule has 1 amide bonds. The maximum absolute atomic E-state index is 13.6. The molecule has 2 fully saturated rings. The van der Waals surface area contributed by atoms with Crippen LogP contribution in [-0.4, -0.2) is 76.6 Å². The first-order valence-corrected chi connectivity index (χ1v) is 11.9. The molecule has 0 bridgehead atoms. The Morgan fingerprint density at radius 2 is 1.88 bits per heavy atom. The van der Waals surface area contributed by atoms with Crippen LogP contribution in [0.5, 0.6) is 0 Å². The second kappa shape index (κ2) is 9.89. The Morgan fingerprint density at radius 1 is 1.09 bits per heavy atom. The van der Waals surface area contributed by atoms with Crippen LogP contribution in [0.2, 0.25) is 0 Å². The summed E-state index contributed by atoms with van der Waals surface area (Å²) in [4.78, 5) is 28.7. The van der Waals surface area contributed by atoms with Gasteiger partial charge in [0.2, 0.25) is 11.7 Å². The molecule has 0 unspecified atom stereocenters. The number of piperidine rings is 1. The van der Waals surface area contributed by atoms with Crippen molar-refractivity contribution in [1.29, 1.82) is 0 Å². The Morgan fingerprint density at radius 3 is 2.62 bits per heavy atom. The minimum absolute atomic E-state index is 0.0552. The zero-order valence-electron chi connectivity index (χ0n) is 19.4. The molecule has 0 spiro atoms. The summed E-state index contributed by atoms with van der Waals surface area (Å²) in [5.74, 6) is 1.42. The summed E-state index contributed by atoms with van der Waals surface area (Å²) < 4.78 is 19.1. The SMILES string of the molecule is CCN1CCN(C(=O)C2CCN(c3ncccc3-c3nc(-c4cccc(F)c4)no3)CC2)CC1. The van der Waals surface area contributed by atoms with Crippen molar-refractivity contribution in [2.75, 3.05) is 50.7 Å². The van der Waals surface area contributed by atoms with Crippen LogP contribution in [0.15, 0.2) is 47.1 Å². The lowest BCUT2D eigenvalue weighted by atomic mass is 9.94. The summed E-state index contributed by atoms with van der Waals surface area (Å²) in [6.45, 7) is 8.23. The number of hydrogen-bond donors (Lipinski definition) is 0. The van der Waals surface area contributed by atoms with Crippen molar-refractivity contribution in [1.82, 2.24) is 24.9 Å². The van der Waals surface area contributed by atoms with Gasteiger partial charge < -0.3 is 19.2 Å². The third-order valence-electron chi connectivity index (χ3n) is 6.80. The highest BCUT2D eigenvalue weighted by Gasteiger charge is 2.31. The van der Waals surface area contributed by atoms with Crippen LogP contribution < -0.4 is 4.90 Å². The topological polar surface area (TPSA) is 78.6 Å². The maximum Gasteiger partial charge on any atom is 0.261 e. The average Bonchev–Trinajstić information content (AvgIpc) is 3.39. The lowest BCUT2D eigenvalue weighted by Gasteiger charge is -2.38. The molecular formula is C25H29FN6O2. The van der Waals surface area contributed by atoms with Gasteiger partial charge in [0, 0.05) is 56.9 Å². The van der Waals surface area contributed by atoms with Gasteiger partial charge in [-0.1, -0.05) is 24.2 Å². The number of hydrogen-bond acceptors (Lipinski definition) is 7. The van der Waals surface area contributed by atoms with Gasteiger partial charge in [-0.25, -0.2) is 9.37 Å². The van der Waals surface area contributed by atoms with Crippen molar-refractivity contribution in [2.45, 2.75) is 19.8 Å². The molecular weight excluding hydrogens is 435 g/mol. The summed E-state index contributed by atoms with van der Waals surface area (Å²) in [7, 11) is 0. The van der Waals surface area contributed by atoms with E-state index in [1.165, 1.54) is 12.1 Å². The number of halogens is 1. The van der Waals surface area contributed by atoms with Crippen LogP contribution in [0, 0.1) is 11.7 Å². The van der Waals surface area contributed by atoms with E-state index in [9.17, 15) is 9.18 Å². The molecule has 178 valence electrons. The molecule has 4 heterocycles. The standard InChI is InChI=1S/C25H29FN6O2/c1-2-30-13-15-32(16-14-30)25(33)18-8-11-31(12-9-18)23-21(7-4-10-27-23)24-28-22(29-34-24)19-5-3-6-20(26)17-19/h3-7,10,17-18H,2,8-9,11-16H2,1H3. The Bertz CT molecular complexity index is 1140. The van der Waals surface area contributed by atoms with Gasteiger partial charge in [0.05, 0.1) is 5.56 Å². The molecule has 8 nitrogen and oxygen atoms in total. The number of carbonyl (C=O) groups is 1. The number of piperazine rings is 1. The first-order chi connectivity index (χ1) is 16.6. The highest BCUT2D eigenvalue weighted by Crippen LogP contribution is 2.32. The number of rotatable bonds is 5. The molecule has 0 atom stereocenters. The van der Waals surface area contributed by atoms with Gasteiger partial charge in [0.25, 0.3) is 5.89 Å². The quantitative estimate of drug-likeness (QED) is 0.573. The molecule has 0 saturated carbocycles. The van der Waals surface area contributed by atoms with E-state index in [1.807, 2.05) is 17.0 Å². The fourth-order valence-corrected chi connectivity index (χ4v) is 4.77. The lowest BCUT2D eigenvalue weighted by Crippen LogP contribution is -2.51. The van der Waals surface area contributed by atoms with Crippen molar-refractivity contribution in [3.63, 3.8) is 0 Å². The van der Waals surface area contributed by atoms with Crippen LogP contribution in [0.4, 0.5) is 10.2 Å². The van der Waals surface area contributed by atoms with E-state index in [1.54, 1.807) is 18.3 Å². The number of carbonyl (C=O) groups excluding carboxylic acids is 1. The number of benzene rings is 1. The molecule has 2 saturated heterocycles. The summed E-state index contributed by atoms with van der Waals surface area (Å²) in [6, 6.07) is 9.84. The first-order valence-electron chi connectivity index (χ1n) is 11.9. The van der Waals surface area contributed by atoms with Gasteiger partial charge in [0.15, 0.2) is 0 Å². The van der Waals surface area contributed by atoms with Gasteiger partial charge in [-0.15, -0.1) is 0 Å². The van der Waals surface area contributed by atoms with E-state index >= 15 is 0 Å². The molecule has 2 aliphatic heterocycles. The molecule has 0 radical (unpaired) electrons. The zero-order chi connectivity index (χ0) is 23.5. The Hall–Kier alpha value is -3.33. The normalized spacial score (nSPS) is 17.8. The Labute approximate surface area is 198 Å². The Balaban J connectivity index is 1.27. The fourth-order valence-electron chi connectivity index (χ4n) is 4.77. The predicted molar refractivity (Wildman–Crippen MR) is 127 cm³/mol. The van der Waals surface area contributed by atoms with Crippen molar-refractivity contribution in [3.8, 4) is 22.8 Å². The van der Waals surface area contributed by atoms with Crippen molar-refractivity contribution in [3.05, 3.63) is 48.4 Å². The molecule has 34 heavy (non-hydrogen) atoms. The second-order valence-electron chi connectivity index (χ2n) is 8.83. The monoisotopic (exact) mass is 464 g/mol. The number of aromatic nitrogens is 3. The lowest BCUT2D eigenvalue weighted by molar-refractivity contribution is -0.137. The van der Waals surface area contributed by atoms with E-state index in [-0.39, 0.29) is 17.6 Å². The highest BCUT2D eigenvalue weighted by molar-refractivity contribution is 5.79. The fraction of sp³-hybridized carbons (Fsp3) is 0.440. The summed E-state index contributed by atoms with van der Waals surface area (Å²) >= 11 is 0.